The van der Waals surface area contributed by atoms with E-state index in [1.165, 1.54) is 9.78 Å². The number of carbonyl (C=O) groups is 2. The summed E-state index contributed by atoms with van der Waals surface area (Å²) in [5.41, 5.74) is 0.607. The van der Waals surface area contributed by atoms with Crippen molar-refractivity contribution in [2.75, 3.05) is 42.9 Å². The van der Waals surface area contributed by atoms with Crippen molar-refractivity contribution in [2.45, 2.75) is 25.9 Å². The molecule has 3 heterocycles. The van der Waals surface area contributed by atoms with Gasteiger partial charge in [-0.05, 0) is 37.4 Å². The van der Waals surface area contributed by atoms with Crippen molar-refractivity contribution in [1.29, 1.82) is 0 Å². The monoisotopic (exact) mass is 400 g/mol. The van der Waals surface area contributed by atoms with Crippen LogP contribution in [-0.4, -0.2) is 50.1 Å². The number of hydrogen-bond acceptors (Lipinski definition) is 3. The first-order valence-corrected chi connectivity index (χ1v) is 10.8. The number of carbonyl (C=O) groups excluding carboxylic acids is 2. The molecule has 0 bridgehead atoms. The van der Waals surface area contributed by atoms with E-state index in [4.69, 9.17) is 0 Å². The molecular weight excluding hydrogens is 372 g/mol. The summed E-state index contributed by atoms with van der Waals surface area (Å²) in [6.07, 6.45) is 0. The van der Waals surface area contributed by atoms with Gasteiger partial charge in [-0.1, -0.05) is 18.2 Å². The number of nitrogens with zero attached hydrogens (tertiary/aromatic N) is 1. The lowest BCUT2D eigenvalue weighted by molar-refractivity contribution is -1.01. The fourth-order valence-corrected chi connectivity index (χ4v) is 4.94. The SMILES string of the molecule is CC1(C)C(=O)Nc2ccccc2N1C(=O)C[NH+]1CC[NH+](Cc2cccs2)CC1. The van der Waals surface area contributed by atoms with E-state index >= 15 is 0 Å². The van der Waals surface area contributed by atoms with E-state index in [-0.39, 0.29) is 11.8 Å². The van der Waals surface area contributed by atoms with Gasteiger partial charge in [-0.15, -0.1) is 11.3 Å². The van der Waals surface area contributed by atoms with Gasteiger partial charge in [0.25, 0.3) is 5.91 Å². The molecule has 4 rings (SSSR count). The predicted molar refractivity (Wildman–Crippen MR) is 111 cm³/mol. The van der Waals surface area contributed by atoms with Crippen LogP contribution < -0.4 is 20.0 Å². The Kier molecular flexibility index (Phi) is 5.23. The number of rotatable bonds is 4. The van der Waals surface area contributed by atoms with E-state index in [0.29, 0.717) is 12.2 Å². The van der Waals surface area contributed by atoms with Gasteiger partial charge in [-0.3, -0.25) is 14.5 Å². The maximum Gasteiger partial charge on any atom is 0.283 e. The van der Waals surface area contributed by atoms with Crippen LogP contribution in [0.4, 0.5) is 11.4 Å². The van der Waals surface area contributed by atoms with Crippen molar-refractivity contribution in [2.24, 2.45) is 0 Å². The highest BCUT2D eigenvalue weighted by atomic mass is 32.1. The van der Waals surface area contributed by atoms with Crippen LogP contribution in [0.5, 0.6) is 0 Å². The Bertz CT molecular complexity index is 857. The first kappa shape index (κ1) is 19.1. The van der Waals surface area contributed by atoms with E-state index in [0.717, 1.165) is 38.4 Å². The van der Waals surface area contributed by atoms with Crippen molar-refractivity contribution < 1.29 is 19.4 Å². The zero-order valence-corrected chi connectivity index (χ0v) is 17.3. The summed E-state index contributed by atoms with van der Waals surface area (Å²) in [6, 6.07) is 11.8. The lowest BCUT2D eigenvalue weighted by Gasteiger charge is -2.42. The Balaban J connectivity index is 1.41. The molecule has 0 radical (unpaired) electrons. The zero-order chi connectivity index (χ0) is 19.7. The summed E-state index contributed by atoms with van der Waals surface area (Å²) >= 11 is 1.81. The summed E-state index contributed by atoms with van der Waals surface area (Å²) in [5, 5.41) is 5.05. The fourth-order valence-electron chi connectivity index (χ4n) is 4.16. The summed E-state index contributed by atoms with van der Waals surface area (Å²) in [5.74, 6) is -0.122. The van der Waals surface area contributed by atoms with Gasteiger partial charge in [0, 0.05) is 0 Å². The van der Waals surface area contributed by atoms with Gasteiger partial charge < -0.3 is 15.1 Å². The molecule has 0 atom stereocenters. The molecule has 0 aliphatic carbocycles. The predicted octanol–water partition coefficient (Wildman–Crippen LogP) is -0.205. The molecule has 3 N–H and O–H groups in total. The quantitative estimate of drug-likeness (QED) is 0.666. The number of hydrogen-bond donors (Lipinski definition) is 3. The highest BCUT2D eigenvalue weighted by Crippen LogP contribution is 2.36. The van der Waals surface area contributed by atoms with Crippen molar-refractivity contribution >= 4 is 34.5 Å². The second kappa shape index (κ2) is 7.66. The molecule has 0 spiro atoms. The maximum absolute atomic E-state index is 13.2. The molecule has 2 aliphatic rings. The second-order valence-corrected chi connectivity index (χ2v) is 9.22. The Hall–Kier alpha value is -2.22. The Labute approximate surface area is 169 Å². The Morgan fingerprint density at radius 3 is 2.54 bits per heavy atom. The number of quaternary nitrogens is 2. The van der Waals surface area contributed by atoms with Crippen molar-refractivity contribution in [3.05, 3.63) is 46.7 Å². The lowest BCUT2D eigenvalue weighted by Crippen LogP contribution is -3.28. The topological polar surface area (TPSA) is 58.3 Å². The van der Waals surface area contributed by atoms with E-state index in [2.05, 4.69) is 22.8 Å². The molecule has 1 aromatic heterocycles. The van der Waals surface area contributed by atoms with Gasteiger partial charge in [0.15, 0.2) is 6.54 Å². The summed E-state index contributed by atoms with van der Waals surface area (Å²) in [7, 11) is 0. The third-order valence-electron chi connectivity index (χ3n) is 5.83. The molecule has 1 aromatic carbocycles. The average Bonchev–Trinajstić information content (AvgIpc) is 3.17. The first-order valence-electron chi connectivity index (χ1n) is 9.88. The first-order chi connectivity index (χ1) is 13.4. The van der Waals surface area contributed by atoms with Crippen LogP contribution in [0.3, 0.4) is 0 Å². The zero-order valence-electron chi connectivity index (χ0n) is 16.5. The second-order valence-electron chi connectivity index (χ2n) is 8.19. The third kappa shape index (κ3) is 3.70. The highest BCUT2D eigenvalue weighted by molar-refractivity contribution is 7.09. The summed E-state index contributed by atoms with van der Waals surface area (Å²) < 4.78 is 0. The lowest BCUT2D eigenvalue weighted by atomic mass is 9.96. The van der Waals surface area contributed by atoms with Crippen molar-refractivity contribution in [3.8, 4) is 0 Å². The van der Waals surface area contributed by atoms with Gasteiger partial charge in [0.1, 0.15) is 38.3 Å². The van der Waals surface area contributed by atoms with Crippen LogP contribution in [0.15, 0.2) is 41.8 Å². The summed E-state index contributed by atoms with van der Waals surface area (Å²) in [6.45, 7) is 9.23. The molecular formula is C21H28N4O2S+2. The van der Waals surface area contributed by atoms with Crippen LogP contribution in [0.2, 0.25) is 0 Å². The molecule has 2 aliphatic heterocycles. The smallest absolute Gasteiger partial charge is 0.283 e. The normalized spacial score (nSPS) is 23.8. The van der Waals surface area contributed by atoms with Crippen LogP contribution in [0.25, 0.3) is 0 Å². The standard InChI is InChI=1S/C21H26N4O2S/c1-21(2)20(27)22-17-7-3-4-8-18(17)25(21)19(26)15-24-11-9-23(10-12-24)14-16-6-5-13-28-16/h3-8,13H,9-12,14-15H2,1-2H3,(H,22,27)/p+2. The molecule has 2 aromatic rings. The molecule has 1 fully saturated rings. The van der Waals surface area contributed by atoms with E-state index in [1.54, 1.807) is 9.80 Å². The Morgan fingerprint density at radius 2 is 1.82 bits per heavy atom. The van der Waals surface area contributed by atoms with Gasteiger partial charge in [0.2, 0.25) is 5.91 Å². The minimum Gasteiger partial charge on any atom is -0.322 e. The van der Waals surface area contributed by atoms with Crippen LogP contribution in [0, 0.1) is 0 Å². The number of amides is 2. The maximum atomic E-state index is 13.2. The third-order valence-corrected chi connectivity index (χ3v) is 6.70. The average molecular weight is 401 g/mol. The number of fused-ring (bicyclic) bond motifs is 1. The molecule has 2 amide bonds. The number of nitrogens with one attached hydrogen (secondary N) is 3. The number of anilines is 2. The van der Waals surface area contributed by atoms with Gasteiger partial charge in [-0.25, -0.2) is 0 Å². The largest absolute Gasteiger partial charge is 0.322 e. The van der Waals surface area contributed by atoms with E-state index in [9.17, 15) is 9.59 Å². The number of para-hydroxylation sites is 2. The Morgan fingerprint density at radius 1 is 1.11 bits per heavy atom. The highest BCUT2D eigenvalue weighted by Gasteiger charge is 2.44. The minimum atomic E-state index is -0.892. The van der Waals surface area contributed by atoms with Gasteiger partial charge in [-0.2, -0.15) is 0 Å². The summed E-state index contributed by atoms with van der Waals surface area (Å²) in [4.78, 5) is 31.8. The van der Waals surface area contributed by atoms with E-state index < -0.39 is 5.54 Å². The molecule has 6 nitrogen and oxygen atoms in total. The number of benzene rings is 1. The van der Waals surface area contributed by atoms with Crippen LogP contribution >= 0.6 is 11.3 Å². The van der Waals surface area contributed by atoms with Crippen molar-refractivity contribution in [3.63, 3.8) is 0 Å². The number of thiophene rings is 1. The van der Waals surface area contributed by atoms with E-state index in [1.807, 2.05) is 49.4 Å². The fraction of sp³-hybridized carbons (Fsp3) is 0.429. The molecule has 28 heavy (non-hydrogen) atoms. The number of piperazine rings is 1. The molecule has 0 saturated carbocycles. The molecule has 0 unspecified atom stereocenters. The van der Waals surface area contributed by atoms with Crippen LogP contribution in [-0.2, 0) is 16.1 Å². The molecule has 1 saturated heterocycles. The van der Waals surface area contributed by atoms with Gasteiger partial charge in [0.05, 0.1) is 16.3 Å². The van der Waals surface area contributed by atoms with Crippen LogP contribution in [0.1, 0.15) is 18.7 Å². The molecule has 148 valence electrons. The van der Waals surface area contributed by atoms with Crippen molar-refractivity contribution in [1.82, 2.24) is 0 Å². The van der Waals surface area contributed by atoms with Gasteiger partial charge >= 0.3 is 0 Å². The molecule has 7 heteroatoms. The minimum absolute atomic E-state index is 0.0176.